The van der Waals surface area contributed by atoms with Crippen LogP contribution in [0.3, 0.4) is 0 Å². The van der Waals surface area contributed by atoms with Crippen LogP contribution in [0, 0.1) is 17.8 Å². The van der Waals surface area contributed by atoms with Crippen molar-refractivity contribution in [2.75, 3.05) is 18.5 Å². The van der Waals surface area contributed by atoms with Crippen molar-refractivity contribution in [3.8, 4) is 0 Å². The third kappa shape index (κ3) is 16.8. The number of aryl methyl sites for hydroxylation is 2. The van der Waals surface area contributed by atoms with Gasteiger partial charge in [-0.2, -0.15) is 25.3 Å². The molecule has 33 heteroatoms. The van der Waals surface area contributed by atoms with E-state index in [4.69, 9.17) is 28.4 Å². The average molecular weight is 1300 g/mol. The smallest absolute Gasteiger partial charge is 0.338 e. The van der Waals surface area contributed by atoms with Crippen molar-refractivity contribution in [2.24, 2.45) is 17.8 Å². The third-order valence-electron chi connectivity index (χ3n) is 16.2. The molecule has 14 unspecified atom stereocenters. The average Bonchev–Trinajstić information content (AvgIpc) is 2.19. The van der Waals surface area contributed by atoms with Crippen LogP contribution in [0.1, 0.15) is 101 Å². The van der Waals surface area contributed by atoms with Gasteiger partial charge in [-0.25, -0.2) is 9.59 Å². The highest BCUT2D eigenvalue weighted by Crippen LogP contribution is 2.41. The highest BCUT2D eigenvalue weighted by atomic mass is 32.2. The van der Waals surface area contributed by atoms with Gasteiger partial charge in [0.25, 0.3) is 30.4 Å². The van der Waals surface area contributed by atoms with Crippen LogP contribution in [-0.2, 0) is 86.1 Å². The van der Waals surface area contributed by atoms with Gasteiger partial charge in [-0.1, -0.05) is 62.4 Å². The number of nitrogens with zero attached hydrogens (tertiary/aromatic N) is 3. The van der Waals surface area contributed by atoms with E-state index < -0.39 is 183 Å². The molecule has 3 heterocycles. The normalized spacial score (nSPS) is 28.6. The number of nitrogens with one attached hydrogen (secondary N) is 2. The molecule has 2 amide bonds. The number of carbonyl (C=O) groups excluding carboxylic acids is 3. The fraction of sp³-hybridized carbons (Fsp3) is 0.600. The topological polar surface area (TPSA) is 463 Å². The number of carboxylic acids is 1. The van der Waals surface area contributed by atoms with E-state index in [2.05, 4.69) is 20.9 Å². The maximum Gasteiger partial charge on any atom is 0.338 e. The monoisotopic (exact) mass is 1300 g/mol. The summed E-state index contributed by atoms with van der Waals surface area (Å²) >= 11 is 0. The molecule has 0 bridgehead atoms. The number of benzene rings is 3. The van der Waals surface area contributed by atoms with Gasteiger partial charge in [0.05, 0.1) is 46.8 Å². The molecule has 2 saturated carbocycles. The molecule has 4 fully saturated rings. The Kier molecular flexibility index (Phi) is 22.5. The Bertz CT molecular complexity index is 3460. The predicted molar refractivity (Wildman–Crippen MR) is 301 cm³/mol. The summed E-state index contributed by atoms with van der Waals surface area (Å²) in [6, 6.07) is 10.3. The molecule has 4 aliphatic rings. The van der Waals surface area contributed by atoms with Crippen LogP contribution in [-0.4, -0.2) is 201 Å². The lowest BCUT2D eigenvalue weighted by molar-refractivity contribution is -0.349. The number of hydrogen-bond acceptors (Lipinski definition) is 23. The zero-order chi connectivity index (χ0) is 64.0. The Labute approximate surface area is 506 Å². The molecule has 2 saturated heterocycles. The molecule has 2 aliphatic heterocycles. The first-order valence-electron chi connectivity index (χ1n) is 28.6. The highest BCUT2D eigenvalue weighted by Gasteiger charge is 2.54. The minimum Gasteiger partial charge on any atom is -0.479 e. The largest absolute Gasteiger partial charge is 0.479 e. The van der Waals surface area contributed by atoms with Gasteiger partial charge >= 0.3 is 11.9 Å². The molecule has 88 heavy (non-hydrogen) atoms. The summed E-state index contributed by atoms with van der Waals surface area (Å²) in [5.41, 5.74) is 0.171. The van der Waals surface area contributed by atoms with Gasteiger partial charge in [-0.3, -0.25) is 27.9 Å². The van der Waals surface area contributed by atoms with Gasteiger partial charge in [0.1, 0.15) is 46.4 Å². The maximum atomic E-state index is 14.2. The summed E-state index contributed by atoms with van der Waals surface area (Å²) in [4.78, 5) is 50.7. The van der Waals surface area contributed by atoms with Crippen molar-refractivity contribution in [1.29, 1.82) is 0 Å². The van der Waals surface area contributed by atoms with E-state index >= 15 is 0 Å². The van der Waals surface area contributed by atoms with E-state index in [1.165, 1.54) is 23.7 Å². The second kappa shape index (κ2) is 29.0. The van der Waals surface area contributed by atoms with Crippen LogP contribution in [0.2, 0.25) is 0 Å². The molecule has 486 valence electrons. The van der Waals surface area contributed by atoms with Crippen molar-refractivity contribution in [3.05, 3.63) is 72.1 Å². The zero-order valence-electron chi connectivity index (χ0n) is 47.7. The predicted octanol–water partition coefficient (Wildman–Crippen LogP) is 1.40. The summed E-state index contributed by atoms with van der Waals surface area (Å²) in [5.74, 6) is -4.88. The second-order valence-electron chi connectivity index (χ2n) is 22.6. The first-order chi connectivity index (χ1) is 41.5. The van der Waals surface area contributed by atoms with Crippen molar-refractivity contribution in [2.45, 2.75) is 192 Å². The summed E-state index contributed by atoms with van der Waals surface area (Å²) < 4.78 is 141. The van der Waals surface area contributed by atoms with Gasteiger partial charge in [-0.15, -0.1) is 5.10 Å². The minimum absolute atomic E-state index is 0.0200. The third-order valence-corrected chi connectivity index (χ3v) is 18.8. The van der Waals surface area contributed by atoms with Gasteiger partial charge in [-0.05, 0) is 93.7 Å². The second-order valence-corrected chi connectivity index (χ2v) is 26.8. The standard InChI is InChI=1S/C55H73N5O25S3/c1-28-21-32(51(67)56-19-9-15-33-26-60(59-58-33)20-10-16-42(62)57-36-17-18-40(87(74,75)76)35-24-34(86(71,72)73)25-41(43(35)36)88(77,78)79)23-37(48(28)85-54-47(66)46(65)44(63)29(2)80-54)82-55-50(84-53(70)31-13-7-4-8-14-31)49(45(64)39(27-61)83-55)81-38(52(68)69)22-30-11-5-3-6-12-30/h4,7-8,13-14,17-18,24-26,28-30,32,37-39,44-50,54-55,61,63-66H,3,5-6,9-12,15-16,19-23,27H2,1-2H3,(H,56,67)(H,57,62)(H,68,69)(H,71,72,73)(H,74,75,76)(H,77,78,79)/t28?,29?,32?,37?,38-,39?,44?,45?,46?,47?,48?,49?,50?,54?,55?/m0/s1. The Morgan fingerprint density at radius 2 is 1.48 bits per heavy atom. The lowest BCUT2D eigenvalue weighted by atomic mass is 9.77. The molecule has 11 N–H and O–H groups in total. The number of aliphatic carboxylic acids is 1. The molecule has 0 spiro atoms. The highest BCUT2D eigenvalue weighted by molar-refractivity contribution is 7.87. The molecule has 3 aromatic carbocycles. The van der Waals surface area contributed by atoms with Crippen LogP contribution in [0.5, 0.6) is 0 Å². The molecular weight excluding hydrogens is 1230 g/mol. The van der Waals surface area contributed by atoms with Crippen molar-refractivity contribution < 1.29 is 117 Å². The SMILES string of the molecule is CC1CC(C(=O)NCCCc2cn(CCCC(=O)Nc3ccc(S(=O)(=O)O)c4cc(S(=O)(=O)O)cc(S(=O)(=O)O)c34)nn2)CC(OC2OC(CO)C(O)C(O[C@@H](CC3CCCCC3)C(=O)O)C2OC(=O)c2ccccc2)C1OC1OC(C)C(O)C(O)C1O. The fourth-order valence-corrected chi connectivity index (χ4v) is 13.7. The van der Waals surface area contributed by atoms with Gasteiger partial charge in [0.15, 0.2) is 24.8 Å². The lowest BCUT2D eigenvalue weighted by Gasteiger charge is -2.48. The number of aromatic nitrogens is 3. The number of aliphatic hydroxyl groups is 5. The van der Waals surface area contributed by atoms with E-state index in [0.717, 1.165) is 44.2 Å². The summed E-state index contributed by atoms with van der Waals surface area (Å²) in [5, 5.41) is 77.2. The first-order valence-corrected chi connectivity index (χ1v) is 32.9. The summed E-state index contributed by atoms with van der Waals surface area (Å²) in [6.45, 7) is 2.61. The van der Waals surface area contributed by atoms with Crippen LogP contribution in [0.4, 0.5) is 5.69 Å². The maximum absolute atomic E-state index is 14.2. The Morgan fingerprint density at radius 1 is 0.773 bits per heavy atom. The summed E-state index contributed by atoms with van der Waals surface area (Å²) in [7, 11) is -15.7. The quantitative estimate of drug-likeness (QED) is 0.0254. The van der Waals surface area contributed by atoms with Crippen molar-refractivity contribution in [3.63, 3.8) is 0 Å². The zero-order valence-corrected chi connectivity index (χ0v) is 50.2. The van der Waals surface area contributed by atoms with Crippen molar-refractivity contribution >= 4 is 70.6 Å². The minimum atomic E-state index is -5.36. The molecule has 15 atom stereocenters. The molecule has 0 radical (unpaired) electrons. The van der Waals surface area contributed by atoms with E-state index in [-0.39, 0.29) is 56.7 Å². The molecule has 8 rings (SSSR count). The number of aliphatic hydroxyl groups excluding tert-OH is 5. The molecule has 30 nitrogen and oxygen atoms in total. The molecular formula is C55H73N5O25S3. The number of amides is 2. The molecule has 4 aromatic rings. The number of ether oxygens (including phenoxy) is 6. The fourth-order valence-electron chi connectivity index (χ4n) is 11.7. The molecule has 2 aliphatic carbocycles. The van der Waals surface area contributed by atoms with Crippen LogP contribution in [0.25, 0.3) is 10.8 Å². The number of rotatable bonds is 25. The van der Waals surface area contributed by atoms with E-state index in [0.29, 0.717) is 30.7 Å². The van der Waals surface area contributed by atoms with Crippen LogP contribution >= 0.6 is 0 Å². The number of esters is 1. The Hall–Kier alpha value is -5.73. The first kappa shape index (κ1) is 68.2. The Balaban J connectivity index is 0.935. The van der Waals surface area contributed by atoms with Crippen LogP contribution < -0.4 is 10.6 Å². The number of anilines is 1. The molecule has 1 aromatic heterocycles. The van der Waals surface area contributed by atoms with E-state index in [1.54, 1.807) is 31.3 Å². The van der Waals surface area contributed by atoms with Gasteiger partial charge in [0, 0.05) is 42.4 Å². The number of carbonyl (C=O) groups is 4. The summed E-state index contributed by atoms with van der Waals surface area (Å²) in [6.07, 6.45) is -13.2. The van der Waals surface area contributed by atoms with Crippen LogP contribution in [0.15, 0.2) is 75.5 Å². The van der Waals surface area contributed by atoms with Gasteiger partial charge in [0.2, 0.25) is 11.8 Å². The lowest BCUT2D eigenvalue weighted by Crippen LogP contribution is -2.64. The van der Waals surface area contributed by atoms with E-state index in [1.807, 2.05) is 0 Å². The Morgan fingerprint density at radius 3 is 2.14 bits per heavy atom. The van der Waals surface area contributed by atoms with Crippen molar-refractivity contribution in [1.82, 2.24) is 20.3 Å². The number of fused-ring (bicyclic) bond motifs is 1. The van der Waals surface area contributed by atoms with Gasteiger partial charge < -0.3 is 69.7 Å². The number of carboxylic acid groups (broad SMARTS) is 1. The number of hydrogen-bond donors (Lipinski definition) is 11. The van der Waals surface area contributed by atoms with E-state index in [9.17, 15) is 88.7 Å².